The molecule has 1 aliphatic rings. The molecule has 0 atom stereocenters. The monoisotopic (exact) mass is 585 g/mol. The standard InChI is InChI=1S/C33H36ClN5O3/c1-24(2)25-10-14-29(15-11-25)39-22-30(26-6-4-3-5-7-26)35-33(39)36-31(40)23-38(17-16-37-18-20-42-21-19-37)32(41)27-8-12-28(34)13-9-27/h3-15,22,24H,16-21,23H2,1-2H3,(H,35,36,40). The van der Waals surface area contributed by atoms with E-state index in [0.717, 1.165) is 30.0 Å². The van der Waals surface area contributed by atoms with E-state index in [2.05, 4.69) is 36.2 Å². The maximum atomic E-state index is 13.5. The SMILES string of the molecule is CC(C)c1ccc(-n2cc(-c3ccccc3)nc2NC(=O)CN(CCN2CCOCC2)C(=O)c2ccc(Cl)cc2)cc1. The molecule has 0 spiro atoms. The number of morpholine rings is 1. The molecular weight excluding hydrogens is 550 g/mol. The second kappa shape index (κ2) is 13.8. The van der Waals surface area contributed by atoms with Gasteiger partial charge in [-0.2, -0.15) is 0 Å². The van der Waals surface area contributed by atoms with Crippen molar-refractivity contribution in [2.75, 3.05) is 51.3 Å². The van der Waals surface area contributed by atoms with Crippen LogP contribution in [0.4, 0.5) is 5.95 Å². The fraction of sp³-hybridized carbons (Fsp3) is 0.303. The molecule has 0 unspecified atom stereocenters. The molecule has 2 amide bonds. The number of halogens is 1. The zero-order chi connectivity index (χ0) is 29.5. The fourth-order valence-corrected chi connectivity index (χ4v) is 5.01. The molecule has 2 heterocycles. The van der Waals surface area contributed by atoms with Crippen LogP contribution in [0.15, 0.2) is 85.1 Å². The van der Waals surface area contributed by atoms with Crippen molar-refractivity contribution in [3.8, 4) is 16.9 Å². The minimum atomic E-state index is -0.329. The summed E-state index contributed by atoms with van der Waals surface area (Å²) in [6, 6.07) is 24.8. The van der Waals surface area contributed by atoms with Crippen LogP contribution >= 0.6 is 11.6 Å². The maximum Gasteiger partial charge on any atom is 0.254 e. The zero-order valence-electron chi connectivity index (χ0n) is 24.0. The molecule has 5 rings (SSSR count). The maximum absolute atomic E-state index is 13.5. The van der Waals surface area contributed by atoms with E-state index in [4.69, 9.17) is 21.3 Å². The number of carbonyl (C=O) groups excluding carboxylic acids is 2. The Hall–Kier alpha value is -3.98. The van der Waals surface area contributed by atoms with Gasteiger partial charge in [-0.05, 0) is 47.9 Å². The summed E-state index contributed by atoms with van der Waals surface area (Å²) >= 11 is 6.05. The summed E-state index contributed by atoms with van der Waals surface area (Å²) in [5.74, 6) is 0.239. The van der Waals surface area contributed by atoms with Gasteiger partial charge in [-0.3, -0.25) is 24.4 Å². The average molecular weight is 586 g/mol. The van der Waals surface area contributed by atoms with Gasteiger partial charge in [0, 0.05) is 54.2 Å². The lowest BCUT2D eigenvalue weighted by Crippen LogP contribution is -2.45. The summed E-state index contributed by atoms with van der Waals surface area (Å²) < 4.78 is 7.34. The van der Waals surface area contributed by atoms with Crippen LogP contribution in [-0.4, -0.2) is 77.1 Å². The highest BCUT2D eigenvalue weighted by molar-refractivity contribution is 6.30. The van der Waals surface area contributed by atoms with Crippen LogP contribution in [0.2, 0.25) is 5.02 Å². The van der Waals surface area contributed by atoms with Crippen molar-refractivity contribution in [2.24, 2.45) is 0 Å². The lowest BCUT2D eigenvalue weighted by atomic mass is 10.0. The summed E-state index contributed by atoms with van der Waals surface area (Å²) in [6.45, 7) is 8.15. The summed E-state index contributed by atoms with van der Waals surface area (Å²) in [7, 11) is 0. The number of rotatable bonds is 10. The van der Waals surface area contributed by atoms with E-state index in [1.807, 2.05) is 53.2 Å². The first-order valence-corrected chi connectivity index (χ1v) is 14.6. The first-order valence-electron chi connectivity index (χ1n) is 14.3. The Labute approximate surface area is 251 Å². The molecule has 1 fully saturated rings. The van der Waals surface area contributed by atoms with Crippen LogP contribution in [0.5, 0.6) is 0 Å². The number of carbonyl (C=O) groups is 2. The van der Waals surface area contributed by atoms with Crippen molar-refractivity contribution < 1.29 is 14.3 Å². The van der Waals surface area contributed by atoms with E-state index in [-0.39, 0.29) is 18.4 Å². The molecule has 0 saturated carbocycles. The highest BCUT2D eigenvalue weighted by atomic mass is 35.5. The summed E-state index contributed by atoms with van der Waals surface area (Å²) in [5, 5.41) is 3.53. The lowest BCUT2D eigenvalue weighted by molar-refractivity contribution is -0.117. The Kier molecular flexibility index (Phi) is 9.69. The third-order valence-electron chi connectivity index (χ3n) is 7.37. The molecule has 4 aromatic rings. The summed E-state index contributed by atoms with van der Waals surface area (Å²) in [5.41, 5.74) is 4.26. The van der Waals surface area contributed by atoms with Gasteiger partial charge in [-0.25, -0.2) is 4.98 Å². The number of nitrogens with zero attached hydrogens (tertiary/aromatic N) is 4. The second-order valence-electron chi connectivity index (χ2n) is 10.7. The first kappa shape index (κ1) is 29.5. The third kappa shape index (κ3) is 7.45. The molecule has 9 heteroatoms. The highest BCUT2D eigenvalue weighted by Crippen LogP contribution is 2.25. The zero-order valence-corrected chi connectivity index (χ0v) is 24.8. The summed E-state index contributed by atoms with van der Waals surface area (Å²) in [4.78, 5) is 35.6. The van der Waals surface area contributed by atoms with Crippen LogP contribution in [0.3, 0.4) is 0 Å². The number of imidazole rings is 1. The fourth-order valence-electron chi connectivity index (χ4n) is 4.89. The Morgan fingerprint density at radius 1 is 0.976 bits per heavy atom. The number of nitrogens with one attached hydrogen (secondary N) is 1. The van der Waals surface area contributed by atoms with E-state index >= 15 is 0 Å². The molecule has 0 bridgehead atoms. The minimum Gasteiger partial charge on any atom is -0.379 e. The number of ether oxygens (including phenoxy) is 1. The van der Waals surface area contributed by atoms with Gasteiger partial charge < -0.3 is 9.64 Å². The quantitative estimate of drug-likeness (QED) is 0.257. The first-order chi connectivity index (χ1) is 20.4. The number of hydrogen-bond donors (Lipinski definition) is 1. The minimum absolute atomic E-state index is 0.119. The van der Waals surface area contributed by atoms with Crippen LogP contribution in [0.1, 0.15) is 35.7 Å². The van der Waals surface area contributed by atoms with E-state index in [0.29, 0.717) is 48.8 Å². The van der Waals surface area contributed by atoms with Gasteiger partial charge in [0.2, 0.25) is 11.9 Å². The molecule has 1 aromatic heterocycles. The molecule has 1 saturated heterocycles. The van der Waals surface area contributed by atoms with Crippen LogP contribution in [0.25, 0.3) is 16.9 Å². The molecule has 3 aromatic carbocycles. The number of aromatic nitrogens is 2. The van der Waals surface area contributed by atoms with E-state index in [1.54, 1.807) is 29.2 Å². The topological polar surface area (TPSA) is 79.7 Å². The molecule has 0 radical (unpaired) electrons. The van der Waals surface area contributed by atoms with Gasteiger partial charge in [0.1, 0.15) is 6.54 Å². The normalized spacial score (nSPS) is 13.7. The number of amides is 2. The smallest absolute Gasteiger partial charge is 0.254 e. The van der Waals surface area contributed by atoms with Gasteiger partial charge in [0.05, 0.1) is 18.9 Å². The molecule has 1 aliphatic heterocycles. The van der Waals surface area contributed by atoms with Crippen molar-refractivity contribution in [3.05, 3.63) is 101 Å². The van der Waals surface area contributed by atoms with Gasteiger partial charge in [-0.15, -0.1) is 0 Å². The predicted molar refractivity (Wildman–Crippen MR) is 166 cm³/mol. The van der Waals surface area contributed by atoms with Crippen molar-refractivity contribution in [1.82, 2.24) is 19.4 Å². The van der Waals surface area contributed by atoms with Gasteiger partial charge in [0.25, 0.3) is 5.91 Å². The second-order valence-corrected chi connectivity index (χ2v) is 11.1. The Morgan fingerprint density at radius 2 is 1.67 bits per heavy atom. The molecule has 42 heavy (non-hydrogen) atoms. The van der Waals surface area contributed by atoms with Crippen molar-refractivity contribution in [1.29, 1.82) is 0 Å². The third-order valence-corrected chi connectivity index (χ3v) is 7.62. The number of hydrogen-bond acceptors (Lipinski definition) is 5. The van der Waals surface area contributed by atoms with Crippen LogP contribution < -0.4 is 5.32 Å². The molecule has 1 N–H and O–H groups in total. The largest absolute Gasteiger partial charge is 0.379 e. The van der Waals surface area contributed by atoms with E-state index < -0.39 is 0 Å². The van der Waals surface area contributed by atoms with Crippen LogP contribution in [-0.2, 0) is 9.53 Å². The number of anilines is 1. The van der Waals surface area contributed by atoms with Gasteiger partial charge in [-0.1, -0.05) is 67.9 Å². The molecule has 218 valence electrons. The lowest BCUT2D eigenvalue weighted by Gasteiger charge is -2.30. The van der Waals surface area contributed by atoms with E-state index in [1.165, 1.54) is 5.56 Å². The number of benzene rings is 3. The Bertz CT molecular complexity index is 1480. The molecule has 0 aliphatic carbocycles. The molecular formula is C33H36ClN5O3. The summed E-state index contributed by atoms with van der Waals surface area (Å²) in [6.07, 6.45) is 1.92. The Balaban J connectivity index is 1.39. The van der Waals surface area contributed by atoms with Crippen molar-refractivity contribution >= 4 is 29.4 Å². The molecule has 8 nitrogen and oxygen atoms in total. The van der Waals surface area contributed by atoms with Crippen LogP contribution in [0, 0.1) is 0 Å². The van der Waals surface area contributed by atoms with Crippen molar-refractivity contribution in [3.63, 3.8) is 0 Å². The average Bonchev–Trinajstić information content (AvgIpc) is 3.43. The van der Waals surface area contributed by atoms with Gasteiger partial charge >= 0.3 is 0 Å². The van der Waals surface area contributed by atoms with E-state index in [9.17, 15) is 9.59 Å². The van der Waals surface area contributed by atoms with Gasteiger partial charge in [0.15, 0.2) is 0 Å². The Morgan fingerprint density at radius 3 is 2.33 bits per heavy atom. The predicted octanol–water partition coefficient (Wildman–Crippen LogP) is 5.73. The van der Waals surface area contributed by atoms with Crippen molar-refractivity contribution in [2.45, 2.75) is 19.8 Å². The highest BCUT2D eigenvalue weighted by Gasteiger charge is 2.22.